The number of hydrogen-bond acceptors (Lipinski definition) is 5. The number of pyridine rings is 1. The lowest BCUT2D eigenvalue weighted by atomic mass is 9.70. The highest BCUT2D eigenvalue weighted by atomic mass is 35.5. The fraction of sp³-hybridized carbons (Fsp3) is 0.321. The molecule has 0 fully saturated rings. The Morgan fingerprint density at radius 1 is 1.13 bits per heavy atom. The van der Waals surface area contributed by atoms with Crippen LogP contribution in [0.15, 0.2) is 66.9 Å². The summed E-state index contributed by atoms with van der Waals surface area (Å²) in [5.41, 5.74) is -1.61. The summed E-state index contributed by atoms with van der Waals surface area (Å²) in [6, 6.07) is 17.2. The zero-order valence-corrected chi connectivity index (χ0v) is 21.8. The molecule has 6 nitrogen and oxygen atoms in total. The van der Waals surface area contributed by atoms with E-state index in [1.54, 1.807) is 43.3 Å². The van der Waals surface area contributed by atoms with Crippen LogP contribution in [-0.2, 0) is 22.8 Å². The van der Waals surface area contributed by atoms with Gasteiger partial charge in [0, 0.05) is 28.7 Å². The predicted octanol–water partition coefficient (Wildman–Crippen LogP) is 5.46. The molecule has 0 bridgehead atoms. The number of nitriles is 1. The van der Waals surface area contributed by atoms with E-state index >= 15 is 0 Å². The Morgan fingerprint density at radius 3 is 2.37 bits per heavy atom. The molecule has 0 aliphatic heterocycles. The lowest BCUT2D eigenvalue weighted by molar-refractivity contribution is -0.138. The van der Waals surface area contributed by atoms with Gasteiger partial charge in [-0.2, -0.15) is 18.4 Å². The van der Waals surface area contributed by atoms with Crippen LogP contribution in [0.1, 0.15) is 43.0 Å². The van der Waals surface area contributed by atoms with Crippen LogP contribution in [0.4, 0.5) is 13.2 Å². The number of halogens is 4. The van der Waals surface area contributed by atoms with E-state index in [2.05, 4.69) is 16.4 Å². The van der Waals surface area contributed by atoms with Crippen LogP contribution >= 0.6 is 11.6 Å². The Kier molecular flexibility index (Phi) is 8.70. The van der Waals surface area contributed by atoms with E-state index in [9.17, 15) is 28.3 Å². The monoisotopic (exact) mass is 545 g/mol. The molecule has 0 aliphatic rings. The molecule has 2 N–H and O–H groups in total. The summed E-state index contributed by atoms with van der Waals surface area (Å²) in [7, 11) is 0. The Balaban J connectivity index is 1.90. The number of alkyl halides is 3. The molecule has 3 rings (SSSR count). The van der Waals surface area contributed by atoms with Crippen molar-refractivity contribution in [2.45, 2.75) is 50.4 Å². The maximum Gasteiger partial charge on any atom is 0.417 e. The number of nitrogens with one attached hydrogen (secondary N) is 1. The maximum atomic E-state index is 13.3. The van der Waals surface area contributed by atoms with Crippen LogP contribution in [-0.4, -0.2) is 34.2 Å². The molecular formula is C28H27ClF3N3O3. The third-order valence-electron chi connectivity index (χ3n) is 6.43. The first-order valence-electron chi connectivity index (χ1n) is 11.7. The van der Waals surface area contributed by atoms with Gasteiger partial charge in [0.15, 0.2) is 5.60 Å². The van der Waals surface area contributed by atoms with Gasteiger partial charge in [0.1, 0.15) is 0 Å². The molecule has 0 saturated heterocycles. The summed E-state index contributed by atoms with van der Waals surface area (Å²) in [6.07, 6.45) is -3.61. The van der Waals surface area contributed by atoms with Gasteiger partial charge in [-0.3, -0.25) is 4.79 Å². The number of nitrogens with zero attached hydrogens (tertiary/aromatic N) is 2. The average molecular weight is 546 g/mol. The molecule has 2 aromatic carbocycles. The maximum absolute atomic E-state index is 13.3. The quantitative estimate of drug-likeness (QED) is 0.372. The van der Waals surface area contributed by atoms with E-state index in [-0.39, 0.29) is 12.5 Å². The first-order valence-corrected chi connectivity index (χ1v) is 12.1. The molecule has 2 atom stereocenters. The summed E-state index contributed by atoms with van der Waals surface area (Å²) in [5.74, 6) is -0.723. The fourth-order valence-corrected chi connectivity index (χ4v) is 4.20. The van der Waals surface area contributed by atoms with Gasteiger partial charge in [-0.25, -0.2) is 4.98 Å². The molecule has 0 saturated carbocycles. The highest BCUT2D eigenvalue weighted by molar-refractivity contribution is 6.30. The van der Waals surface area contributed by atoms with E-state index in [1.165, 1.54) is 13.8 Å². The van der Waals surface area contributed by atoms with Crippen molar-refractivity contribution in [1.29, 1.82) is 5.26 Å². The van der Waals surface area contributed by atoms with Crippen molar-refractivity contribution < 1.29 is 27.8 Å². The Labute approximate surface area is 224 Å². The molecule has 200 valence electrons. The number of carbonyl (C=O) groups is 1. The van der Waals surface area contributed by atoms with E-state index in [4.69, 9.17) is 16.3 Å². The molecule has 0 aliphatic carbocycles. The molecule has 1 aromatic heterocycles. The zero-order chi connectivity index (χ0) is 28.1. The number of hydrogen-bond donors (Lipinski definition) is 2. The molecule has 1 heterocycles. The van der Waals surface area contributed by atoms with Crippen molar-refractivity contribution in [3.8, 4) is 11.9 Å². The van der Waals surface area contributed by atoms with Crippen molar-refractivity contribution in [3.63, 3.8) is 0 Å². The number of rotatable bonds is 9. The van der Waals surface area contributed by atoms with Crippen LogP contribution in [0.2, 0.25) is 5.02 Å². The topological polar surface area (TPSA) is 95.2 Å². The van der Waals surface area contributed by atoms with E-state index in [1.807, 2.05) is 12.1 Å². The van der Waals surface area contributed by atoms with Crippen molar-refractivity contribution in [2.75, 3.05) is 6.61 Å². The lowest BCUT2D eigenvalue weighted by Crippen LogP contribution is -2.57. The normalized spacial score (nSPS) is 14.2. The van der Waals surface area contributed by atoms with Gasteiger partial charge < -0.3 is 15.2 Å². The largest absolute Gasteiger partial charge is 0.462 e. The van der Waals surface area contributed by atoms with Crippen molar-refractivity contribution in [2.24, 2.45) is 0 Å². The summed E-state index contributed by atoms with van der Waals surface area (Å²) < 4.78 is 44.2. The van der Waals surface area contributed by atoms with E-state index in [0.29, 0.717) is 28.8 Å². The smallest absolute Gasteiger partial charge is 0.417 e. The number of aromatic nitrogens is 1. The number of benzene rings is 2. The highest BCUT2D eigenvalue weighted by Gasteiger charge is 2.42. The second kappa shape index (κ2) is 11.4. The standard InChI is InChI=1S/C28H27ClF3N3O3/c1-18(35-25(37)26(2,3)38-24-12-9-22(16-34-24)28(30,31)32)27(17-36,14-19-7-10-23(29)11-8-19)21-6-4-5-20(13-21)15-33/h4-13,16,18,36H,14,17H2,1-3H3,(H,35,37)/t18-,27?/m0/s1. The molecule has 0 spiro atoms. The molecule has 3 aromatic rings. The number of aliphatic hydroxyl groups is 1. The second-order valence-electron chi connectivity index (χ2n) is 9.50. The molecule has 1 unspecified atom stereocenters. The summed E-state index contributed by atoms with van der Waals surface area (Å²) in [4.78, 5) is 17.0. The van der Waals surface area contributed by atoms with Gasteiger partial charge in [-0.05, 0) is 68.7 Å². The zero-order valence-electron chi connectivity index (χ0n) is 21.0. The molecule has 1 amide bonds. The molecule has 10 heteroatoms. The Bertz CT molecular complexity index is 1310. The minimum atomic E-state index is -4.55. The van der Waals surface area contributed by atoms with Gasteiger partial charge in [0.25, 0.3) is 5.91 Å². The van der Waals surface area contributed by atoms with E-state index < -0.39 is 34.7 Å². The Hall–Kier alpha value is -3.61. The predicted molar refractivity (Wildman–Crippen MR) is 137 cm³/mol. The Morgan fingerprint density at radius 2 is 1.82 bits per heavy atom. The number of ether oxygens (including phenoxy) is 1. The molecular weight excluding hydrogens is 519 g/mol. The van der Waals surface area contributed by atoms with Crippen LogP contribution in [0.25, 0.3) is 0 Å². The van der Waals surface area contributed by atoms with Crippen molar-refractivity contribution in [1.82, 2.24) is 10.3 Å². The molecule has 38 heavy (non-hydrogen) atoms. The first-order chi connectivity index (χ1) is 17.8. The van der Waals surface area contributed by atoms with Crippen LogP contribution in [0.3, 0.4) is 0 Å². The number of amides is 1. The minimum Gasteiger partial charge on any atom is -0.462 e. The third kappa shape index (κ3) is 6.63. The summed E-state index contributed by atoms with van der Waals surface area (Å²) in [5, 5.41) is 23.6. The third-order valence-corrected chi connectivity index (χ3v) is 6.68. The van der Waals surface area contributed by atoms with E-state index in [0.717, 1.165) is 17.7 Å². The number of aliphatic hydroxyl groups excluding tert-OH is 1. The van der Waals surface area contributed by atoms with Gasteiger partial charge in [0.2, 0.25) is 5.88 Å². The summed E-state index contributed by atoms with van der Waals surface area (Å²) in [6.45, 7) is 4.29. The SMILES string of the molecule is C[C@H](NC(=O)C(C)(C)Oc1ccc(C(F)(F)F)cn1)C(CO)(Cc1ccc(Cl)cc1)c1cccc(C#N)c1. The van der Waals surface area contributed by atoms with Crippen LogP contribution < -0.4 is 10.1 Å². The first kappa shape index (κ1) is 29.0. The number of carbonyl (C=O) groups excluding carboxylic acids is 1. The molecule has 0 radical (unpaired) electrons. The van der Waals surface area contributed by atoms with Crippen molar-refractivity contribution >= 4 is 17.5 Å². The second-order valence-corrected chi connectivity index (χ2v) is 9.94. The minimum absolute atomic E-state index is 0.151. The van der Waals surface area contributed by atoms with Gasteiger partial charge >= 0.3 is 6.18 Å². The van der Waals surface area contributed by atoms with Crippen LogP contribution in [0.5, 0.6) is 5.88 Å². The van der Waals surface area contributed by atoms with Crippen LogP contribution in [0, 0.1) is 11.3 Å². The average Bonchev–Trinajstić information content (AvgIpc) is 2.88. The van der Waals surface area contributed by atoms with Gasteiger partial charge in [0.05, 0.1) is 23.8 Å². The van der Waals surface area contributed by atoms with Gasteiger partial charge in [-0.1, -0.05) is 35.9 Å². The van der Waals surface area contributed by atoms with Gasteiger partial charge in [-0.15, -0.1) is 0 Å². The van der Waals surface area contributed by atoms with Crippen molar-refractivity contribution in [3.05, 3.63) is 94.1 Å². The fourth-order valence-electron chi connectivity index (χ4n) is 4.08. The highest BCUT2D eigenvalue weighted by Crippen LogP contribution is 2.34. The summed E-state index contributed by atoms with van der Waals surface area (Å²) >= 11 is 6.04. The lowest BCUT2D eigenvalue weighted by Gasteiger charge is -2.40.